The Morgan fingerprint density at radius 3 is 2.12 bits per heavy atom. The number of hydrogen-bond donors (Lipinski definition) is 1. The molecule has 0 aliphatic rings. The predicted molar refractivity (Wildman–Crippen MR) is 48.3 cm³/mol. The quantitative estimate of drug-likeness (QED) is 0.333. The van der Waals surface area contributed by atoms with Gasteiger partial charge in [-0.25, -0.2) is 9.68 Å². The molecule has 0 amide bonds. The van der Waals surface area contributed by atoms with Crippen molar-refractivity contribution in [2.45, 2.75) is 25.7 Å². The molecule has 0 aromatic heterocycles. The highest BCUT2D eigenvalue weighted by Crippen LogP contribution is 2.20. The van der Waals surface area contributed by atoms with Crippen molar-refractivity contribution in [3.05, 3.63) is 0 Å². The minimum absolute atomic E-state index is 0.252. The molecular weight excluding hydrogens is 224 g/mol. The third-order valence-electron chi connectivity index (χ3n) is 1.60. The van der Waals surface area contributed by atoms with Gasteiger partial charge in [-0.1, -0.05) is 6.92 Å². The van der Waals surface area contributed by atoms with Crippen LogP contribution in [-0.4, -0.2) is 37.6 Å². The van der Waals surface area contributed by atoms with E-state index < -0.39 is 18.3 Å². The molecule has 0 bridgehead atoms. The van der Waals surface area contributed by atoms with Gasteiger partial charge in [-0.2, -0.15) is 9.68 Å². The van der Waals surface area contributed by atoms with Gasteiger partial charge in [0.1, 0.15) is 0 Å². The summed E-state index contributed by atoms with van der Waals surface area (Å²) in [4.78, 5) is 28.2. The number of carboxylic acid groups (broad SMARTS) is 1. The van der Waals surface area contributed by atoms with Crippen LogP contribution in [0, 0.1) is 0 Å². The lowest BCUT2D eigenvalue weighted by Crippen LogP contribution is -2.39. The average molecular weight is 238 g/mol. The zero-order valence-corrected chi connectivity index (χ0v) is 9.22. The molecule has 16 heavy (non-hydrogen) atoms. The minimum Gasteiger partial charge on any atom is -0.447 e. The van der Waals surface area contributed by atoms with Gasteiger partial charge in [0.15, 0.2) is 0 Å². The molecule has 0 rings (SSSR count). The molecule has 0 unspecified atom stereocenters. The monoisotopic (exact) mass is 238 g/mol. The first kappa shape index (κ1) is 14.5. The predicted octanol–water partition coefficient (Wildman–Crippen LogP) is 1.50. The average Bonchev–Trinajstić information content (AvgIpc) is 2.25. The highest BCUT2D eigenvalue weighted by Gasteiger charge is 2.35. The van der Waals surface area contributed by atoms with Crippen LogP contribution in [0.25, 0.3) is 0 Å². The van der Waals surface area contributed by atoms with Crippen LogP contribution in [0.1, 0.15) is 19.8 Å². The van der Waals surface area contributed by atoms with Crippen molar-refractivity contribution in [1.29, 1.82) is 0 Å². The maximum absolute atomic E-state index is 11.0. The number of methoxy groups -OCH3 is 2. The van der Waals surface area contributed by atoms with E-state index in [2.05, 4.69) is 14.5 Å². The van der Waals surface area contributed by atoms with Crippen LogP contribution in [0.15, 0.2) is 0 Å². The summed E-state index contributed by atoms with van der Waals surface area (Å²) in [5.74, 6) is -1.60. The zero-order chi connectivity index (χ0) is 12.6. The Morgan fingerprint density at radius 1 is 1.19 bits per heavy atom. The molecule has 0 aliphatic heterocycles. The molecule has 8 heteroatoms. The van der Waals surface area contributed by atoms with Crippen LogP contribution in [0.4, 0.5) is 9.59 Å². The summed E-state index contributed by atoms with van der Waals surface area (Å²) < 4.78 is 14.3. The topological polar surface area (TPSA) is 101 Å². The Morgan fingerprint density at radius 2 is 1.75 bits per heavy atom. The SMILES string of the molecule is CCCC(OC)(OC)OC(=O)OOC(=O)O. The molecule has 0 aromatic carbocycles. The summed E-state index contributed by atoms with van der Waals surface area (Å²) in [5.41, 5.74) is 0. The van der Waals surface area contributed by atoms with Crippen LogP contribution in [0.3, 0.4) is 0 Å². The largest absolute Gasteiger partial charge is 0.554 e. The molecule has 0 heterocycles. The fourth-order valence-electron chi connectivity index (χ4n) is 0.942. The molecule has 0 aliphatic carbocycles. The number of carbonyl (C=O) groups is 2. The van der Waals surface area contributed by atoms with Crippen molar-refractivity contribution >= 4 is 12.3 Å². The Labute approximate surface area is 91.9 Å². The van der Waals surface area contributed by atoms with E-state index in [1.165, 1.54) is 14.2 Å². The third kappa shape index (κ3) is 4.80. The summed E-state index contributed by atoms with van der Waals surface area (Å²) in [6.07, 6.45) is -2.29. The Bertz CT molecular complexity index is 234. The first-order valence-electron chi connectivity index (χ1n) is 4.40. The summed E-state index contributed by atoms with van der Waals surface area (Å²) in [5, 5.41) is 8.06. The lowest BCUT2D eigenvalue weighted by Gasteiger charge is -2.28. The van der Waals surface area contributed by atoms with E-state index in [0.717, 1.165) is 0 Å². The normalized spacial score (nSPS) is 10.7. The van der Waals surface area contributed by atoms with Crippen LogP contribution >= 0.6 is 0 Å². The number of hydrogen-bond acceptors (Lipinski definition) is 7. The van der Waals surface area contributed by atoms with E-state index >= 15 is 0 Å². The van der Waals surface area contributed by atoms with E-state index in [4.69, 9.17) is 14.6 Å². The third-order valence-corrected chi connectivity index (χ3v) is 1.60. The summed E-state index contributed by atoms with van der Waals surface area (Å²) >= 11 is 0. The maximum Gasteiger partial charge on any atom is 0.554 e. The molecule has 1 N–H and O–H groups in total. The van der Waals surface area contributed by atoms with Crippen molar-refractivity contribution in [2.24, 2.45) is 0 Å². The summed E-state index contributed by atoms with van der Waals surface area (Å²) in [6, 6.07) is 0. The lowest BCUT2D eigenvalue weighted by molar-refractivity contribution is -0.356. The second kappa shape index (κ2) is 6.85. The second-order valence-electron chi connectivity index (χ2n) is 2.63. The van der Waals surface area contributed by atoms with E-state index in [0.29, 0.717) is 6.42 Å². The highest BCUT2D eigenvalue weighted by atomic mass is 17.3. The molecule has 0 spiro atoms. The molecule has 0 aromatic rings. The van der Waals surface area contributed by atoms with Gasteiger partial charge in [0, 0.05) is 20.6 Å². The fraction of sp³-hybridized carbons (Fsp3) is 0.750. The molecule has 0 radical (unpaired) electrons. The molecular formula is C8H14O8. The lowest BCUT2D eigenvalue weighted by atomic mass is 10.3. The molecule has 0 saturated carbocycles. The van der Waals surface area contributed by atoms with Gasteiger partial charge in [-0.05, 0) is 6.42 Å². The minimum atomic E-state index is -1.77. The van der Waals surface area contributed by atoms with Crippen molar-refractivity contribution in [3.8, 4) is 0 Å². The molecule has 0 fully saturated rings. The van der Waals surface area contributed by atoms with Gasteiger partial charge in [0.05, 0.1) is 0 Å². The second-order valence-corrected chi connectivity index (χ2v) is 2.63. The molecule has 0 saturated heterocycles. The van der Waals surface area contributed by atoms with E-state index in [1.807, 2.05) is 6.92 Å². The summed E-state index contributed by atoms with van der Waals surface area (Å²) in [7, 11) is 2.54. The Balaban J connectivity index is 4.27. The smallest absolute Gasteiger partial charge is 0.447 e. The molecule has 8 nitrogen and oxygen atoms in total. The highest BCUT2D eigenvalue weighted by molar-refractivity contribution is 5.62. The van der Waals surface area contributed by atoms with Crippen molar-refractivity contribution in [1.82, 2.24) is 0 Å². The van der Waals surface area contributed by atoms with Crippen LogP contribution < -0.4 is 0 Å². The Kier molecular flexibility index (Phi) is 6.19. The van der Waals surface area contributed by atoms with E-state index in [9.17, 15) is 9.59 Å². The first-order chi connectivity index (χ1) is 7.49. The van der Waals surface area contributed by atoms with Gasteiger partial charge in [-0.15, -0.1) is 0 Å². The molecule has 0 atom stereocenters. The van der Waals surface area contributed by atoms with Gasteiger partial charge < -0.3 is 19.3 Å². The number of carbonyl (C=O) groups excluding carboxylic acids is 1. The van der Waals surface area contributed by atoms with Crippen LogP contribution in [0.2, 0.25) is 0 Å². The standard InChI is InChI=1S/C8H14O8/c1-4-5-8(12-2,13-3)14-7(11)16-15-6(9)10/h4-5H2,1-3H3,(H,9,10). The van der Waals surface area contributed by atoms with E-state index in [1.54, 1.807) is 0 Å². The fourth-order valence-corrected chi connectivity index (χ4v) is 0.942. The van der Waals surface area contributed by atoms with Crippen LogP contribution in [-0.2, 0) is 24.0 Å². The van der Waals surface area contributed by atoms with Crippen molar-refractivity contribution < 1.29 is 38.7 Å². The van der Waals surface area contributed by atoms with Gasteiger partial charge in [-0.3, -0.25) is 0 Å². The van der Waals surface area contributed by atoms with Gasteiger partial charge >= 0.3 is 18.3 Å². The van der Waals surface area contributed by atoms with Crippen molar-refractivity contribution in [3.63, 3.8) is 0 Å². The first-order valence-corrected chi connectivity index (χ1v) is 4.40. The van der Waals surface area contributed by atoms with Crippen LogP contribution in [0.5, 0.6) is 0 Å². The Hall–Kier alpha value is -1.54. The van der Waals surface area contributed by atoms with Gasteiger partial charge in [0.2, 0.25) is 0 Å². The maximum atomic E-state index is 11.0. The van der Waals surface area contributed by atoms with E-state index in [-0.39, 0.29) is 6.42 Å². The van der Waals surface area contributed by atoms with Gasteiger partial charge in [0.25, 0.3) is 0 Å². The number of ether oxygens (including phenoxy) is 3. The van der Waals surface area contributed by atoms with Crippen molar-refractivity contribution in [2.75, 3.05) is 14.2 Å². The zero-order valence-electron chi connectivity index (χ0n) is 9.22. The molecule has 94 valence electrons. The number of rotatable bonds is 5. The summed E-state index contributed by atoms with van der Waals surface area (Å²) in [6.45, 7) is 1.81.